The van der Waals surface area contributed by atoms with Gasteiger partial charge in [0.25, 0.3) is 0 Å². The third kappa shape index (κ3) is 5.15. The highest BCUT2D eigenvalue weighted by Gasteiger charge is 2.38. The Labute approximate surface area is 163 Å². The minimum absolute atomic E-state index is 0.168. The molecule has 2 aromatic rings. The van der Waals surface area contributed by atoms with Crippen molar-refractivity contribution in [2.45, 2.75) is 45.1 Å². The molecule has 0 N–H and O–H groups in total. The van der Waals surface area contributed by atoms with Crippen LogP contribution in [-0.2, 0) is 10.9 Å². The van der Waals surface area contributed by atoms with Crippen LogP contribution in [0.5, 0.6) is 5.75 Å². The van der Waals surface area contributed by atoms with Gasteiger partial charge in [-0.1, -0.05) is 5.16 Å². The van der Waals surface area contributed by atoms with Crippen LogP contribution in [0.15, 0.2) is 22.7 Å². The summed E-state index contributed by atoms with van der Waals surface area (Å²) < 4.78 is 67.1. The first-order chi connectivity index (χ1) is 13.4. The number of hydrogen-bond acceptors (Lipinski definition) is 6. The number of halogens is 4. The van der Waals surface area contributed by atoms with Gasteiger partial charge in [0, 0.05) is 19.0 Å². The summed E-state index contributed by atoms with van der Waals surface area (Å²) in [5.41, 5.74) is -0.866. The lowest BCUT2D eigenvalue weighted by Gasteiger charge is -2.24. The molecule has 0 radical (unpaired) electrons. The highest BCUT2D eigenvalue weighted by molar-refractivity contribution is 5.68. The molecule has 1 aromatic carbocycles. The van der Waals surface area contributed by atoms with Crippen LogP contribution < -0.4 is 4.74 Å². The molecule has 0 saturated carbocycles. The molecule has 3 rings (SSSR count). The zero-order valence-corrected chi connectivity index (χ0v) is 15.9. The zero-order chi connectivity index (χ0) is 21.4. The van der Waals surface area contributed by atoms with E-state index in [1.54, 1.807) is 20.8 Å². The number of benzene rings is 1. The van der Waals surface area contributed by atoms with E-state index in [0.29, 0.717) is 13.0 Å². The largest absolute Gasteiger partial charge is 0.488 e. The molecule has 158 valence electrons. The van der Waals surface area contributed by atoms with E-state index in [1.165, 1.54) is 17.0 Å². The predicted octanol–water partition coefficient (Wildman–Crippen LogP) is 4.28. The minimum Gasteiger partial charge on any atom is -0.488 e. The summed E-state index contributed by atoms with van der Waals surface area (Å²) in [6, 6.07) is 3.61. The van der Waals surface area contributed by atoms with Crippen molar-refractivity contribution in [3.8, 4) is 17.1 Å². The number of hydrogen-bond donors (Lipinski definition) is 0. The summed E-state index contributed by atoms with van der Waals surface area (Å²) >= 11 is 0. The molecule has 11 heteroatoms. The third-order valence-corrected chi connectivity index (χ3v) is 3.95. The van der Waals surface area contributed by atoms with Gasteiger partial charge in [0.1, 0.15) is 23.3 Å². The normalized spacial score (nSPS) is 17.5. The van der Waals surface area contributed by atoms with Gasteiger partial charge >= 0.3 is 18.2 Å². The van der Waals surface area contributed by atoms with E-state index in [-0.39, 0.29) is 24.0 Å². The van der Waals surface area contributed by atoms with Crippen LogP contribution in [0.2, 0.25) is 0 Å². The van der Waals surface area contributed by atoms with Crippen LogP contribution in [0.25, 0.3) is 11.4 Å². The Morgan fingerprint density at radius 1 is 1.28 bits per heavy atom. The Bertz CT molecular complexity index is 892. The van der Waals surface area contributed by atoms with Crippen LogP contribution in [0, 0.1) is 5.82 Å². The van der Waals surface area contributed by atoms with Crippen molar-refractivity contribution in [2.24, 2.45) is 0 Å². The SMILES string of the molecule is CC(C)(C)OC(=O)N1CC[C@@H](Oc2ccc(-c3noc(C(F)(F)F)n3)c(F)c2)C1. The number of rotatable bonds is 3. The Kier molecular flexibility index (Phi) is 5.42. The van der Waals surface area contributed by atoms with Crippen molar-refractivity contribution in [1.29, 1.82) is 0 Å². The molecule has 1 fully saturated rings. The summed E-state index contributed by atoms with van der Waals surface area (Å²) in [5, 5.41) is 3.16. The van der Waals surface area contributed by atoms with E-state index in [0.717, 1.165) is 6.07 Å². The van der Waals surface area contributed by atoms with Gasteiger partial charge in [-0.15, -0.1) is 0 Å². The van der Waals surface area contributed by atoms with Crippen molar-refractivity contribution < 1.29 is 36.4 Å². The molecule has 7 nitrogen and oxygen atoms in total. The van der Waals surface area contributed by atoms with Crippen LogP contribution >= 0.6 is 0 Å². The standard InChI is InChI=1S/C18H19F4N3O4/c1-17(2,3)28-16(26)25-7-6-11(9-25)27-10-4-5-12(13(19)8-10)14-23-15(29-24-14)18(20,21)22/h4-5,8,11H,6-7,9H2,1-3H3/t11-/m1/s1. The zero-order valence-electron chi connectivity index (χ0n) is 15.9. The molecule has 29 heavy (non-hydrogen) atoms. The topological polar surface area (TPSA) is 77.7 Å². The van der Waals surface area contributed by atoms with Gasteiger partial charge in [-0.2, -0.15) is 18.2 Å². The van der Waals surface area contributed by atoms with Crippen LogP contribution in [0.3, 0.4) is 0 Å². The van der Waals surface area contributed by atoms with Crippen LogP contribution in [-0.4, -0.2) is 45.9 Å². The lowest BCUT2D eigenvalue weighted by atomic mass is 10.2. The number of nitrogens with zero attached hydrogens (tertiary/aromatic N) is 3. The minimum atomic E-state index is -4.81. The van der Waals surface area contributed by atoms with Gasteiger partial charge in [-0.25, -0.2) is 9.18 Å². The highest BCUT2D eigenvalue weighted by atomic mass is 19.4. The molecule has 0 bridgehead atoms. The van der Waals surface area contributed by atoms with Crippen molar-refractivity contribution in [3.05, 3.63) is 29.9 Å². The molecule has 2 heterocycles. The molecule has 0 unspecified atom stereocenters. The van der Waals surface area contributed by atoms with Crippen molar-refractivity contribution in [2.75, 3.05) is 13.1 Å². The molecule has 0 spiro atoms. The second-order valence-electron chi connectivity index (χ2n) is 7.52. The molecule has 1 amide bonds. The average molecular weight is 417 g/mol. The van der Waals surface area contributed by atoms with E-state index >= 15 is 0 Å². The lowest BCUT2D eigenvalue weighted by molar-refractivity contribution is -0.159. The maximum Gasteiger partial charge on any atom is 0.471 e. The van der Waals surface area contributed by atoms with E-state index in [9.17, 15) is 22.4 Å². The number of carbonyl (C=O) groups is 1. The lowest BCUT2D eigenvalue weighted by Crippen LogP contribution is -2.36. The van der Waals surface area contributed by atoms with Crippen LogP contribution in [0.4, 0.5) is 22.4 Å². The fourth-order valence-corrected chi connectivity index (χ4v) is 2.71. The quantitative estimate of drug-likeness (QED) is 0.694. The van der Waals surface area contributed by atoms with Crippen molar-refractivity contribution in [1.82, 2.24) is 15.0 Å². The van der Waals surface area contributed by atoms with Crippen molar-refractivity contribution in [3.63, 3.8) is 0 Å². The van der Waals surface area contributed by atoms with Gasteiger partial charge in [0.05, 0.1) is 12.1 Å². The van der Waals surface area contributed by atoms with E-state index < -0.39 is 35.4 Å². The number of aromatic nitrogens is 2. The first-order valence-corrected chi connectivity index (χ1v) is 8.78. The number of amides is 1. The molecule has 1 atom stereocenters. The number of alkyl halides is 3. The summed E-state index contributed by atoms with van der Waals surface area (Å²) in [7, 11) is 0. The fourth-order valence-electron chi connectivity index (χ4n) is 2.71. The first-order valence-electron chi connectivity index (χ1n) is 8.78. The van der Waals surface area contributed by atoms with Gasteiger partial charge in [-0.3, -0.25) is 0 Å². The number of ether oxygens (including phenoxy) is 2. The maximum atomic E-state index is 14.3. The Morgan fingerprint density at radius 2 is 2.00 bits per heavy atom. The second kappa shape index (κ2) is 7.53. The smallest absolute Gasteiger partial charge is 0.471 e. The molecule has 1 aromatic heterocycles. The third-order valence-electron chi connectivity index (χ3n) is 3.95. The van der Waals surface area contributed by atoms with E-state index in [4.69, 9.17) is 9.47 Å². The fraction of sp³-hybridized carbons (Fsp3) is 0.500. The van der Waals surface area contributed by atoms with E-state index in [2.05, 4.69) is 14.7 Å². The Hall–Kier alpha value is -2.85. The maximum absolute atomic E-state index is 14.3. The summed E-state index contributed by atoms with van der Waals surface area (Å²) in [6.07, 6.45) is -5.10. The highest BCUT2D eigenvalue weighted by Crippen LogP contribution is 2.31. The molecular weight excluding hydrogens is 398 g/mol. The van der Waals surface area contributed by atoms with Gasteiger partial charge in [-0.05, 0) is 32.9 Å². The van der Waals surface area contributed by atoms with Gasteiger partial charge < -0.3 is 18.9 Å². The summed E-state index contributed by atoms with van der Waals surface area (Å²) in [6.45, 7) is 6.00. The monoisotopic (exact) mass is 417 g/mol. The van der Waals surface area contributed by atoms with Gasteiger partial charge in [0.2, 0.25) is 5.82 Å². The number of carbonyl (C=O) groups excluding carboxylic acids is 1. The molecular formula is C18H19F4N3O4. The molecule has 1 saturated heterocycles. The second-order valence-corrected chi connectivity index (χ2v) is 7.52. The number of likely N-dealkylation sites (tertiary alicyclic amines) is 1. The van der Waals surface area contributed by atoms with Crippen molar-refractivity contribution >= 4 is 6.09 Å². The Morgan fingerprint density at radius 3 is 2.59 bits per heavy atom. The predicted molar refractivity (Wildman–Crippen MR) is 91.5 cm³/mol. The molecule has 0 aliphatic carbocycles. The summed E-state index contributed by atoms with van der Waals surface area (Å²) in [5.74, 6) is -2.76. The molecule has 1 aliphatic rings. The van der Waals surface area contributed by atoms with Gasteiger partial charge in [0.15, 0.2) is 0 Å². The average Bonchev–Trinajstić information content (AvgIpc) is 3.22. The molecule has 1 aliphatic heterocycles. The van der Waals surface area contributed by atoms with Crippen LogP contribution in [0.1, 0.15) is 33.1 Å². The Balaban J connectivity index is 1.64. The first kappa shape index (κ1) is 20.9. The summed E-state index contributed by atoms with van der Waals surface area (Å²) in [4.78, 5) is 16.7. The van der Waals surface area contributed by atoms with E-state index in [1.807, 2.05) is 0 Å².